The smallest absolute Gasteiger partial charge is 0.301 e. The van der Waals surface area contributed by atoms with Gasteiger partial charge in [0.1, 0.15) is 5.76 Å². The highest BCUT2D eigenvalue weighted by atomic mass is 32.1. The first-order chi connectivity index (χ1) is 15.0. The molecule has 0 unspecified atom stereocenters. The fourth-order valence-electron chi connectivity index (χ4n) is 3.85. The highest BCUT2D eigenvalue weighted by Crippen LogP contribution is 2.44. The number of ketones is 1. The van der Waals surface area contributed by atoms with Crippen LogP contribution in [-0.2, 0) is 9.59 Å². The third kappa shape index (κ3) is 3.21. The third-order valence-electron chi connectivity index (χ3n) is 5.35. The van der Waals surface area contributed by atoms with Crippen molar-refractivity contribution in [3.63, 3.8) is 0 Å². The number of carbonyl (C=O) groups excluding carboxylic acids is 2. The standard InChI is InChI=1S/C25H18N2O3S/c1-15-12-13-18-19(14-15)31-25(26-18)27-21(16-8-4-2-5-9-16)20(23(29)24(27)30)22(28)17-10-6-3-7-11-17/h2-14,21,28H,1H3/t21-/m0/s1. The van der Waals surface area contributed by atoms with Crippen LogP contribution >= 0.6 is 11.3 Å². The summed E-state index contributed by atoms with van der Waals surface area (Å²) in [6.45, 7) is 1.99. The summed E-state index contributed by atoms with van der Waals surface area (Å²) in [6, 6.07) is 23.2. The zero-order valence-corrected chi connectivity index (χ0v) is 17.5. The van der Waals surface area contributed by atoms with E-state index in [1.54, 1.807) is 24.3 Å². The number of rotatable bonds is 3. The zero-order valence-electron chi connectivity index (χ0n) is 16.6. The van der Waals surface area contributed by atoms with E-state index in [2.05, 4.69) is 4.98 Å². The molecule has 1 aromatic heterocycles. The Labute approximate surface area is 182 Å². The van der Waals surface area contributed by atoms with Gasteiger partial charge in [0.15, 0.2) is 5.13 Å². The van der Waals surface area contributed by atoms with Crippen molar-refractivity contribution >= 4 is 44.1 Å². The number of aromatic nitrogens is 1. The van der Waals surface area contributed by atoms with Gasteiger partial charge in [0, 0.05) is 5.56 Å². The predicted molar refractivity (Wildman–Crippen MR) is 122 cm³/mol. The molecule has 0 spiro atoms. The Hall–Kier alpha value is -3.77. The summed E-state index contributed by atoms with van der Waals surface area (Å²) in [4.78, 5) is 32.3. The van der Waals surface area contributed by atoms with Crippen molar-refractivity contribution in [1.29, 1.82) is 0 Å². The quantitative estimate of drug-likeness (QED) is 0.277. The molecule has 1 saturated heterocycles. The third-order valence-corrected chi connectivity index (χ3v) is 6.36. The van der Waals surface area contributed by atoms with Crippen LogP contribution in [0.4, 0.5) is 5.13 Å². The number of anilines is 1. The summed E-state index contributed by atoms with van der Waals surface area (Å²) in [5.41, 5.74) is 3.14. The second-order valence-corrected chi connectivity index (χ2v) is 8.42. The first-order valence-corrected chi connectivity index (χ1v) is 10.6. The molecule has 152 valence electrons. The molecule has 1 N–H and O–H groups in total. The Morgan fingerprint density at radius 3 is 2.35 bits per heavy atom. The van der Waals surface area contributed by atoms with Crippen LogP contribution < -0.4 is 4.90 Å². The van der Waals surface area contributed by atoms with Gasteiger partial charge >= 0.3 is 5.91 Å². The first-order valence-electron chi connectivity index (χ1n) is 9.83. The molecule has 1 aliphatic rings. The van der Waals surface area contributed by atoms with Crippen molar-refractivity contribution in [2.24, 2.45) is 0 Å². The number of hydrogen-bond donors (Lipinski definition) is 1. The van der Waals surface area contributed by atoms with Gasteiger partial charge in [0.25, 0.3) is 5.78 Å². The summed E-state index contributed by atoms with van der Waals surface area (Å²) >= 11 is 1.36. The van der Waals surface area contributed by atoms with Crippen molar-refractivity contribution in [2.75, 3.05) is 4.90 Å². The van der Waals surface area contributed by atoms with Crippen molar-refractivity contribution in [3.8, 4) is 0 Å². The zero-order chi connectivity index (χ0) is 21.5. The lowest BCUT2D eigenvalue weighted by Gasteiger charge is -2.22. The number of benzene rings is 3. The Kier molecular flexibility index (Phi) is 4.64. The van der Waals surface area contributed by atoms with E-state index in [4.69, 9.17) is 0 Å². The Morgan fingerprint density at radius 1 is 0.968 bits per heavy atom. The summed E-state index contributed by atoms with van der Waals surface area (Å²) in [6.07, 6.45) is 0. The van der Waals surface area contributed by atoms with E-state index < -0.39 is 17.7 Å². The lowest BCUT2D eigenvalue weighted by atomic mass is 9.95. The highest BCUT2D eigenvalue weighted by molar-refractivity contribution is 7.22. The number of aryl methyl sites for hydroxylation is 1. The van der Waals surface area contributed by atoms with E-state index in [0.717, 1.165) is 21.3 Å². The predicted octanol–water partition coefficient (Wildman–Crippen LogP) is 5.23. The second kappa shape index (κ2) is 7.49. The molecule has 5 rings (SSSR count). The monoisotopic (exact) mass is 426 g/mol. The maximum atomic E-state index is 13.2. The molecule has 0 saturated carbocycles. The number of amides is 1. The number of nitrogens with zero attached hydrogens (tertiary/aromatic N) is 2. The average Bonchev–Trinajstić information content (AvgIpc) is 3.32. The Bertz CT molecular complexity index is 1340. The first kappa shape index (κ1) is 19.2. The maximum Gasteiger partial charge on any atom is 0.301 e. The van der Waals surface area contributed by atoms with Gasteiger partial charge in [-0.05, 0) is 30.2 Å². The van der Waals surface area contributed by atoms with E-state index in [-0.39, 0.29) is 11.3 Å². The number of carbonyl (C=O) groups is 2. The molecule has 5 nitrogen and oxygen atoms in total. The molecular formula is C25H18N2O3S. The molecular weight excluding hydrogens is 408 g/mol. The van der Waals surface area contributed by atoms with Gasteiger partial charge in [-0.15, -0.1) is 0 Å². The van der Waals surface area contributed by atoms with E-state index in [9.17, 15) is 14.7 Å². The summed E-state index contributed by atoms with van der Waals surface area (Å²) in [7, 11) is 0. The topological polar surface area (TPSA) is 70.5 Å². The number of thiazole rings is 1. The number of hydrogen-bond acceptors (Lipinski definition) is 5. The van der Waals surface area contributed by atoms with Crippen molar-refractivity contribution in [3.05, 3.63) is 101 Å². The van der Waals surface area contributed by atoms with Gasteiger partial charge in [-0.25, -0.2) is 4.98 Å². The number of aliphatic hydroxyl groups excluding tert-OH is 1. The number of Topliss-reactive ketones (excluding diaryl/α,β-unsaturated/α-hetero) is 1. The average molecular weight is 426 g/mol. The van der Waals surface area contributed by atoms with Crippen LogP contribution in [0.2, 0.25) is 0 Å². The SMILES string of the molecule is Cc1ccc2nc(N3C(=O)C(=O)C(=C(O)c4ccccc4)[C@@H]3c3ccccc3)sc2c1. The molecule has 0 bridgehead atoms. The highest BCUT2D eigenvalue weighted by Gasteiger charge is 2.48. The van der Waals surface area contributed by atoms with Crippen LogP contribution in [0.3, 0.4) is 0 Å². The lowest BCUT2D eigenvalue weighted by molar-refractivity contribution is -0.132. The van der Waals surface area contributed by atoms with Crippen molar-refractivity contribution < 1.29 is 14.7 Å². The van der Waals surface area contributed by atoms with Gasteiger partial charge in [0.05, 0.1) is 21.8 Å². The van der Waals surface area contributed by atoms with E-state index >= 15 is 0 Å². The molecule has 0 aliphatic carbocycles. The summed E-state index contributed by atoms with van der Waals surface area (Å²) in [5.74, 6) is -1.60. The van der Waals surface area contributed by atoms with E-state index in [0.29, 0.717) is 10.7 Å². The minimum absolute atomic E-state index is 0.0674. The molecule has 6 heteroatoms. The van der Waals surface area contributed by atoms with Crippen molar-refractivity contribution in [1.82, 2.24) is 4.98 Å². The normalized spacial score (nSPS) is 18.1. The van der Waals surface area contributed by atoms with Gasteiger partial charge in [-0.2, -0.15) is 0 Å². The maximum absolute atomic E-state index is 13.2. The van der Waals surface area contributed by atoms with Crippen LogP contribution in [0.1, 0.15) is 22.7 Å². The largest absolute Gasteiger partial charge is 0.507 e. The van der Waals surface area contributed by atoms with Gasteiger partial charge in [-0.3, -0.25) is 14.5 Å². The molecule has 1 amide bonds. The lowest BCUT2D eigenvalue weighted by Crippen LogP contribution is -2.29. The van der Waals surface area contributed by atoms with Crippen LogP contribution in [0.15, 0.2) is 84.4 Å². The Morgan fingerprint density at radius 2 is 1.65 bits per heavy atom. The van der Waals surface area contributed by atoms with Crippen molar-refractivity contribution in [2.45, 2.75) is 13.0 Å². The number of fused-ring (bicyclic) bond motifs is 1. The fourth-order valence-corrected chi connectivity index (χ4v) is 4.95. The van der Waals surface area contributed by atoms with Gasteiger partial charge < -0.3 is 5.11 Å². The molecule has 1 atom stereocenters. The second-order valence-electron chi connectivity index (χ2n) is 7.41. The van der Waals surface area contributed by atoms with Gasteiger partial charge in [0.2, 0.25) is 0 Å². The van der Waals surface area contributed by atoms with Crippen LogP contribution in [0.5, 0.6) is 0 Å². The van der Waals surface area contributed by atoms with Crippen LogP contribution in [-0.4, -0.2) is 21.8 Å². The van der Waals surface area contributed by atoms with Crippen LogP contribution in [0, 0.1) is 6.92 Å². The molecule has 2 heterocycles. The van der Waals surface area contributed by atoms with E-state index in [1.807, 2.05) is 61.5 Å². The molecule has 31 heavy (non-hydrogen) atoms. The molecule has 1 aliphatic heterocycles. The van der Waals surface area contributed by atoms with Gasteiger partial charge in [-0.1, -0.05) is 78.1 Å². The summed E-state index contributed by atoms with van der Waals surface area (Å²) < 4.78 is 0.937. The number of aliphatic hydroxyl groups is 1. The Balaban J connectivity index is 1.73. The molecule has 3 aromatic carbocycles. The summed E-state index contributed by atoms with van der Waals surface area (Å²) in [5, 5.41) is 11.5. The molecule has 1 fully saturated rings. The molecule has 0 radical (unpaired) electrons. The van der Waals surface area contributed by atoms with Crippen LogP contribution in [0.25, 0.3) is 16.0 Å². The molecule has 4 aromatic rings. The van der Waals surface area contributed by atoms with E-state index in [1.165, 1.54) is 16.2 Å². The minimum Gasteiger partial charge on any atom is -0.507 e. The minimum atomic E-state index is -0.761. The fraction of sp³-hybridized carbons (Fsp3) is 0.0800.